The molecule has 15 heavy (non-hydrogen) atoms. The molecule has 0 radical (unpaired) electrons. The lowest BCUT2D eigenvalue weighted by molar-refractivity contribution is 0.264. The highest BCUT2D eigenvalue weighted by molar-refractivity contribution is 5.29. The van der Waals surface area contributed by atoms with Crippen LogP contribution in [0, 0.1) is 11.7 Å². The SMILES string of the molecule is COc1ccc(CC2CC(N)C2)cc1F. The predicted molar refractivity (Wildman–Crippen MR) is 57.4 cm³/mol. The number of halogens is 1. The van der Waals surface area contributed by atoms with Crippen LogP contribution in [-0.2, 0) is 6.42 Å². The molecule has 0 aliphatic heterocycles. The van der Waals surface area contributed by atoms with Crippen LogP contribution >= 0.6 is 0 Å². The van der Waals surface area contributed by atoms with E-state index in [2.05, 4.69) is 0 Å². The molecular formula is C12H16FNO. The monoisotopic (exact) mass is 209 g/mol. The van der Waals surface area contributed by atoms with E-state index in [-0.39, 0.29) is 5.82 Å². The van der Waals surface area contributed by atoms with Crippen LogP contribution in [0.1, 0.15) is 18.4 Å². The van der Waals surface area contributed by atoms with Gasteiger partial charge in [-0.05, 0) is 42.9 Å². The van der Waals surface area contributed by atoms with Gasteiger partial charge >= 0.3 is 0 Å². The highest BCUT2D eigenvalue weighted by Gasteiger charge is 2.25. The lowest BCUT2D eigenvalue weighted by atomic mass is 9.77. The molecule has 0 unspecified atom stereocenters. The van der Waals surface area contributed by atoms with Crippen molar-refractivity contribution in [2.24, 2.45) is 11.7 Å². The molecule has 2 N–H and O–H groups in total. The van der Waals surface area contributed by atoms with Crippen molar-refractivity contribution in [1.82, 2.24) is 0 Å². The Kier molecular flexibility index (Phi) is 2.91. The second-order valence-electron chi connectivity index (χ2n) is 4.27. The van der Waals surface area contributed by atoms with Gasteiger partial charge in [0.05, 0.1) is 7.11 Å². The average Bonchev–Trinajstić information content (AvgIpc) is 2.16. The lowest BCUT2D eigenvalue weighted by Crippen LogP contribution is -2.37. The lowest BCUT2D eigenvalue weighted by Gasteiger charge is -2.32. The van der Waals surface area contributed by atoms with Crippen molar-refractivity contribution < 1.29 is 9.13 Å². The van der Waals surface area contributed by atoms with E-state index < -0.39 is 0 Å². The molecule has 2 nitrogen and oxygen atoms in total. The van der Waals surface area contributed by atoms with Crippen LogP contribution < -0.4 is 10.5 Å². The summed E-state index contributed by atoms with van der Waals surface area (Å²) in [4.78, 5) is 0. The quantitative estimate of drug-likeness (QED) is 0.827. The normalized spacial score (nSPS) is 24.7. The third kappa shape index (κ3) is 2.29. The number of hydrogen-bond donors (Lipinski definition) is 1. The van der Waals surface area contributed by atoms with Crippen LogP contribution in [0.25, 0.3) is 0 Å². The zero-order valence-electron chi connectivity index (χ0n) is 8.87. The first-order valence-corrected chi connectivity index (χ1v) is 5.27. The molecule has 1 aliphatic carbocycles. The minimum absolute atomic E-state index is 0.279. The summed E-state index contributed by atoms with van der Waals surface area (Å²) in [6.07, 6.45) is 3.05. The molecule has 1 saturated carbocycles. The maximum atomic E-state index is 13.3. The maximum absolute atomic E-state index is 13.3. The van der Waals surface area contributed by atoms with Gasteiger partial charge in [-0.3, -0.25) is 0 Å². The smallest absolute Gasteiger partial charge is 0.165 e. The maximum Gasteiger partial charge on any atom is 0.165 e. The molecule has 0 saturated heterocycles. The molecule has 1 aromatic carbocycles. The number of nitrogens with two attached hydrogens (primary N) is 1. The standard InChI is InChI=1S/C12H16FNO/c1-15-12-3-2-8(7-11(12)13)4-9-5-10(14)6-9/h2-3,7,9-10H,4-6,14H2,1H3. The van der Waals surface area contributed by atoms with E-state index in [1.807, 2.05) is 6.07 Å². The average molecular weight is 209 g/mol. The van der Waals surface area contributed by atoms with Crippen LogP contribution in [0.15, 0.2) is 18.2 Å². The minimum atomic E-state index is -0.279. The number of rotatable bonds is 3. The van der Waals surface area contributed by atoms with Crippen LogP contribution in [0.2, 0.25) is 0 Å². The number of ether oxygens (including phenoxy) is 1. The van der Waals surface area contributed by atoms with Gasteiger partial charge in [-0.1, -0.05) is 6.07 Å². The third-order valence-electron chi connectivity index (χ3n) is 3.01. The van der Waals surface area contributed by atoms with E-state index in [0.29, 0.717) is 17.7 Å². The first-order chi connectivity index (χ1) is 7.19. The van der Waals surface area contributed by atoms with Gasteiger partial charge in [0.2, 0.25) is 0 Å². The van der Waals surface area contributed by atoms with E-state index in [1.54, 1.807) is 12.1 Å². The molecule has 1 aromatic rings. The molecule has 0 amide bonds. The van der Waals surface area contributed by atoms with Crippen molar-refractivity contribution in [3.8, 4) is 5.75 Å². The summed E-state index contributed by atoms with van der Waals surface area (Å²) in [7, 11) is 1.48. The summed E-state index contributed by atoms with van der Waals surface area (Å²) < 4.78 is 18.2. The van der Waals surface area contributed by atoms with E-state index in [9.17, 15) is 4.39 Å². The minimum Gasteiger partial charge on any atom is -0.494 e. The first-order valence-electron chi connectivity index (χ1n) is 5.27. The summed E-state index contributed by atoms with van der Waals surface area (Å²) in [5, 5.41) is 0. The van der Waals surface area contributed by atoms with Gasteiger partial charge in [0.1, 0.15) is 0 Å². The number of methoxy groups -OCH3 is 1. The molecule has 3 heteroatoms. The van der Waals surface area contributed by atoms with Crippen molar-refractivity contribution in [2.45, 2.75) is 25.3 Å². The van der Waals surface area contributed by atoms with Gasteiger partial charge in [0.25, 0.3) is 0 Å². The Labute approximate surface area is 89.2 Å². The largest absolute Gasteiger partial charge is 0.494 e. The first kappa shape index (κ1) is 10.4. The highest BCUT2D eigenvalue weighted by atomic mass is 19.1. The second kappa shape index (κ2) is 4.19. The molecule has 0 atom stereocenters. The Morgan fingerprint density at radius 2 is 2.20 bits per heavy atom. The summed E-state index contributed by atoms with van der Waals surface area (Å²) in [5.41, 5.74) is 6.74. The van der Waals surface area contributed by atoms with Gasteiger partial charge in [0.15, 0.2) is 11.6 Å². The zero-order chi connectivity index (χ0) is 10.8. The fourth-order valence-corrected chi connectivity index (χ4v) is 2.12. The summed E-state index contributed by atoms with van der Waals surface area (Å²) in [6, 6.07) is 5.52. The third-order valence-corrected chi connectivity index (χ3v) is 3.01. The van der Waals surface area contributed by atoms with Crippen LogP contribution in [0.4, 0.5) is 4.39 Å². The Morgan fingerprint density at radius 1 is 1.47 bits per heavy atom. The molecule has 1 aliphatic rings. The van der Waals surface area contributed by atoms with Gasteiger partial charge in [-0.2, -0.15) is 0 Å². The molecule has 82 valence electrons. The van der Waals surface area contributed by atoms with Crippen molar-refractivity contribution in [2.75, 3.05) is 7.11 Å². The molecule has 0 spiro atoms. The van der Waals surface area contributed by atoms with E-state index >= 15 is 0 Å². The summed E-state index contributed by atoms with van der Waals surface area (Å²) in [5.74, 6) is 0.662. The molecule has 2 rings (SSSR count). The van der Waals surface area contributed by atoms with Gasteiger partial charge < -0.3 is 10.5 Å². The van der Waals surface area contributed by atoms with Crippen molar-refractivity contribution in [3.05, 3.63) is 29.6 Å². The Morgan fingerprint density at radius 3 is 2.73 bits per heavy atom. The van der Waals surface area contributed by atoms with Crippen molar-refractivity contribution >= 4 is 0 Å². The van der Waals surface area contributed by atoms with Gasteiger partial charge in [-0.25, -0.2) is 4.39 Å². The molecule has 1 fully saturated rings. The second-order valence-corrected chi connectivity index (χ2v) is 4.27. The molecule has 0 bridgehead atoms. The van der Waals surface area contributed by atoms with E-state index in [4.69, 9.17) is 10.5 Å². The fourth-order valence-electron chi connectivity index (χ4n) is 2.12. The molecule has 0 aromatic heterocycles. The topological polar surface area (TPSA) is 35.2 Å². The fraction of sp³-hybridized carbons (Fsp3) is 0.500. The molecule has 0 heterocycles. The number of hydrogen-bond acceptors (Lipinski definition) is 2. The Hall–Kier alpha value is -1.09. The predicted octanol–water partition coefficient (Wildman–Crippen LogP) is 2.11. The van der Waals surface area contributed by atoms with Gasteiger partial charge in [-0.15, -0.1) is 0 Å². The van der Waals surface area contributed by atoms with Crippen molar-refractivity contribution in [1.29, 1.82) is 0 Å². The van der Waals surface area contributed by atoms with Gasteiger partial charge in [0, 0.05) is 6.04 Å². The summed E-state index contributed by atoms with van der Waals surface area (Å²) in [6.45, 7) is 0. The van der Waals surface area contributed by atoms with Crippen LogP contribution in [-0.4, -0.2) is 13.2 Å². The highest BCUT2D eigenvalue weighted by Crippen LogP contribution is 2.30. The van der Waals surface area contributed by atoms with Crippen LogP contribution in [0.5, 0.6) is 5.75 Å². The zero-order valence-corrected chi connectivity index (χ0v) is 8.87. The van der Waals surface area contributed by atoms with Crippen molar-refractivity contribution in [3.63, 3.8) is 0 Å². The number of benzene rings is 1. The van der Waals surface area contributed by atoms with Crippen LogP contribution in [0.3, 0.4) is 0 Å². The summed E-state index contributed by atoms with van der Waals surface area (Å²) >= 11 is 0. The Bertz CT molecular complexity index is 347. The van der Waals surface area contributed by atoms with E-state index in [1.165, 1.54) is 7.11 Å². The Balaban J connectivity index is 2.00. The van der Waals surface area contributed by atoms with E-state index in [0.717, 1.165) is 24.8 Å². The molecular weight excluding hydrogens is 193 g/mol.